The van der Waals surface area contributed by atoms with Gasteiger partial charge in [-0.25, -0.2) is 0 Å². The maximum atomic E-state index is 10.6. The zero-order valence-electron chi connectivity index (χ0n) is 13.2. The van der Waals surface area contributed by atoms with Crippen molar-refractivity contribution in [1.82, 2.24) is 5.32 Å². The zero-order valence-corrected chi connectivity index (χ0v) is 13.2. The number of fused-ring (bicyclic) bond motifs is 1. The van der Waals surface area contributed by atoms with E-state index < -0.39 is 5.60 Å². The van der Waals surface area contributed by atoms with Crippen LogP contribution in [0.5, 0.6) is 5.75 Å². The highest BCUT2D eigenvalue weighted by atomic mass is 16.5. The van der Waals surface area contributed by atoms with Gasteiger partial charge in [-0.05, 0) is 37.3 Å². The van der Waals surface area contributed by atoms with E-state index in [0.717, 1.165) is 38.0 Å². The van der Waals surface area contributed by atoms with Crippen molar-refractivity contribution in [1.29, 1.82) is 0 Å². The Hall–Kier alpha value is -1.06. The molecule has 0 amide bonds. The van der Waals surface area contributed by atoms with Gasteiger partial charge in [0.1, 0.15) is 11.9 Å². The summed E-state index contributed by atoms with van der Waals surface area (Å²) in [6, 6.07) is 6.38. The second kappa shape index (κ2) is 5.98. The molecule has 0 spiro atoms. The molecule has 2 N–H and O–H groups in total. The number of rotatable bonds is 4. The van der Waals surface area contributed by atoms with Gasteiger partial charge in [0.2, 0.25) is 0 Å². The van der Waals surface area contributed by atoms with E-state index in [1.807, 2.05) is 0 Å². The molecule has 0 saturated heterocycles. The monoisotopic (exact) mass is 289 g/mol. The average molecular weight is 289 g/mol. The summed E-state index contributed by atoms with van der Waals surface area (Å²) in [5, 5.41) is 14.1. The molecular weight excluding hydrogens is 262 g/mol. The van der Waals surface area contributed by atoms with Crippen LogP contribution < -0.4 is 10.1 Å². The minimum absolute atomic E-state index is 0.200. The lowest BCUT2D eigenvalue weighted by molar-refractivity contribution is -0.0128. The van der Waals surface area contributed by atoms with Gasteiger partial charge in [0.25, 0.3) is 0 Å². The molecule has 21 heavy (non-hydrogen) atoms. The van der Waals surface area contributed by atoms with Crippen LogP contribution in [0.2, 0.25) is 0 Å². The molecule has 3 atom stereocenters. The molecule has 2 aliphatic rings. The van der Waals surface area contributed by atoms with E-state index in [1.54, 1.807) is 0 Å². The molecule has 1 aromatic carbocycles. The van der Waals surface area contributed by atoms with E-state index >= 15 is 0 Å². The third-order valence-corrected chi connectivity index (χ3v) is 4.85. The number of benzene rings is 1. The highest BCUT2D eigenvalue weighted by Gasteiger charge is 2.32. The SMILES string of the molecule is Cc1ccc2c(c1)CC(CNCC1(O)CCCC(C)C1)O2. The molecule has 3 rings (SSSR count). The fraction of sp³-hybridized carbons (Fsp3) is 0.667. The highest BCUT2D eigenvalue weighted by molar-refractivity contribution is 5.40. The molecule has 0 aromatic heterocycles. The van der Waals surface area contributed by atoms with Gasteiger partial charge in [0.15, 0.2) is 0 Å². The molecule has 3 heteroatoms. The largest absolute Gasteiger partial charge is 0.488 e. The quantitative estimate of drug-likeness (QED) is 0.895. The Balaban J connectivity index is 1.47. The van der Waals surface area contributed by atoms with Crippen molar-refractivity contribution < 1.29 is 9.84 Å². The summed E-state index contributed by atoms with van der Waals surface area (Å²) >= 11 is 0. The molecular formula is C18H27NO2. The number of ether oxygens (including phenoxy) is 1. The van der Waals surface area contributed by atoms with E-state index in [2.05, 4.69) is 37.4 Å². The molecule has 1 heterocycles. The van der Waals surface area contributed by atoms with Gasteiger partial charge in [-0.2, -0.15) is 0 Å². The highest BCUT2D eigenvalue weighted by Crippen LogP contribution is 2.32. The van der Waals surface area contributed by atoms with E-state index in [0.29, 0.717) is 12.5 Å². The van der Waals surface area contributed by atoms with E-state index in [1.165, 1.54) is 17.5 Å². The van der Waals surface area contributed by atoms with Crippen molar-refractivity contribution >= 4 is 0 Å². The van der Waals surface area contributed by atoms with Crippen LogP contribution in [0.3, 0.4) is 0 Å². The zero-order chi connectivity index (χ0) is 14.9. The maximum Gasteiger partial charge on any atom is 0.123 e. The van der Waals surface area contributed by atoms with Gasteiger partial charge < -0.3 is 15.2 Å². The first-order chi connectivity index (χ1) is 10.0. The van der Waals surface area contributed by atoms with Gasteiger partial charge in [-0.3, -0.25) is 0 Å². The minimum Gasteiger partial charge on any atom is -0.488 e. The predicted molar refractivity (Wildman–Crippen MR) is 84.8 cm³/mol. The van der Waals surface area contributed by atoms with Crippen LogP contribution in [0, 0.1) is 12.8 Å². The first-order valence-corrected chi connectivity index (χ1v) is 8.23. The summed E-state index contributed by atoms with van der Waals surface area (Å²) < 4.78 is 5.96. The summed E-state index contributed by atoms with van der Waals surface area (Å²) in [7, 11) is 0. The second-order valence-electron chi connectivity index (χ2n) is 7.11. The summed E-state index contributed by atoms with van der Waals surface area (Å²) in [6.45, 7) is 5.85. The average Bonchev–Trinajstić information content (AvgIpc) is 2.79. The Morgan fingerprint density at radius 2 is 2.29 bits per heavy atom. The lowest BCUT2D eigenvalue weighted by Gasteiger charge is -2.36. The number of hydrogen-bond donors (Lipinski definition) is 2. The van der Waals surface area contributed by atoms with Crippen molar-refractivity contribution in [2.75, 3.05) is 13.1 Å². The van der Waals surface area contributed by atoms with Gasteiger partial charge in [-0.15, -0.1) is 0 Å². The summed E-state index contributed by atoms with van der Waals surface area (Å²) in [4.78, 5) is 0. The third kappa shape index (κ3) is 3.58. The van der Waals surface area contributed by atoms with Gasteiger partial charge in [-0.1, -0.05) is 37.5 Å². The Bertz CT molecular complexity index is 502. The van der Waals surface area contributed by atoms with Gasteiger partial charge >= 0.3 is 0 Å². The van der Waals surface area contributed by atoms with E-state index in [9.17, 15) is 5.11 Å². The van der Waals surface area contributed by atoms with Crippen molar-refractivity contribution in [3.05, 3.63) is 29.3 Å². The van der Waals surface area contributed by atoms with Crippen LogP contribution in [-0.2, 0) is 6.42 Å². The molecule has 1 fully saturated rings. The molecule has 1 aliphatic heterocycles. The number of hydrogen-bond acceptors (Lipinski definition) is 3. The molecule has 1 aliphatic carbocycles. The molecule has 1 saturated carbocycles. The smallest absolute Gasteiger partial charge is 0.123 e. The first kappa shape index (κ1) is 14.9. The van der Waals surface area contributed by atoms with Crippen LogP contribution in [0.25, 0.3) is 0 Å². The predicted octanol–water partition coefficient (Wildman–Crippen LogP) is 2.83. The minimum atomic E-state index is -0.514. The number of nitrogens with one attached hydrogen (secondary N) is 1. The molecule has 0 radical (unpaired) electrons. The fourth-order valence-electron chi connectivity index (χ4n) is 3.82. The van der Waals surface area contributed by atoms with Crippen LogP contribution in [0.15, 0.2) is 18.2 Å². The van der Waals surface area contributed by atoms with Crippen molar-refractivity contribution in [2.45, 2.75) is 57.7 Å². The fourth-order valence-corrected chi connectivity index (χ4v) is 3.82. The summed E-state index contributed by atoms with van der Waals surface area (Å²) in [5.41, 5.74) is 2.09. The lowest BCUT2D eigenvalue weighted by atomic mass is 9.79. The first-order valence-electron chi connectivity index (χ1n) is 8.23. The van der Waals surface area contributed by atoms with E-state index in [-0.39, 0.29) is 6.10 Å². The van der Waals surface area contributed by atoms with Crippen molar-refractivity contribution in [3.8, 4) is 5.75 Å². The molecule has 1 aromatic rings. The third-order valence-electron chi connectivity index (χ3n) is 4.85. The second-order valence-corrected chi connectivity index (χ2v) is 7.11. The van der Waals surface area contributed by atoms with Crippen LogP contribution >= 0.6 is 0 Å². The standard InChI is InChI=1S/C18H27NO2/c1-13-5-6-17-15(8-13)9-16(21-17)11-19-12-18(20)7-3-4-14(2)10-18/h5-6,8,14,16,19-20H,3-4,7,9-12H2,1-2H3. The number of aliphatic hydroxyl groups is 1. The van der Waals surface area contributed by atoms with Gasteiger partial charge in [0.05, 0.1) is 5.60 Å². The topological polar surface area (TPSA) is 41.5 Å². The van der Waals surface area contributed by atoms with Crippen LogP contribution in [0.1, 0.15) is 43.7 Å². The van der Waals surface area contributed by atoms with Gasteiger partial charge in [0, 0.05) is 19.5 Å². The summed E-state index contributed by atoms with van der Waals surface area (Å²) in [6.07, 6.45) is 5.41. The van der Waals surface area contributed by atoms with Crippen LogP contribution in [-0.4, -0.2) is 29.9 Å². The molecule has 3 nitrogen and oxygen atoms in total. The Kier molecular flexibility index (Phi) is 4.23. The van der Waals surface area contributed by atoms with Crippen LogP contribution in [0.4, 0.5) is 0 Å². The normalized spacial score (nSPS) is 31.8. The van der Waals surface area contributed by atoms with Crippen molar-refractivity contribution in [2.24, 2.45) is 5.92 Å². The molecule has 116 valence electrons. The Morgan fingerprint density at radius 1 is 1.43 bits per heavy atom. The number of aryl methyl sites for hydroxylation is 1. The van der Waals surface area contributed by atoms with E-state index in [4.69, 9.17) is 4.74 Å². The molecule has 0 bridgehead atoms. The lowest BCUT2D eigenvalue weighted by Crippen LogP contribution is -2.46. The Morgan fingerprint density at radius 3 is 3.10 bits per heavy atom. The van der Waals surface area contributed by atoms with Crippen molar-refractivity contribution in [3.63, 3.8) is 0 Å². The summed E-state index contributed by atoms with van der Waals surface area (Å²) in [5.74, 6) is 1.66. The molecule has 3 unspecified atom stereocenters. The maximum absolute atomic E-state index is 10.6. The Labute approximate surface area is 127 Å².